The molecule has 0 spiro atoms. The lowest BCUT2D eigenvalue weighted by molar-refractivity contribution is -0.384. The highest BCUT2D eigenvalue weighted by Crippen LogP contribution is 2.26. The standard InChI is InChI=1S/C12H18N2O4/c1-8(2)12(7-15)13-9-4-10(14(16)17)6-11(5-9)18-3/h4-6,8,12-13,15H,7H2,1-3H3. The minimum atomic E-state index is -0.475. The maximum absolute atomic E-state index is 10.8. The fraction of sp³-hybridized carbons (Fsp3) is 0.500. The molecule has 0 saturated carbocycles. The third-order valence-electron chi connectivity index (χ3n) is 2.69. The van der Waals surface area contributed by atoms with Gasteiger partial charge >= 0.3 is 0 Å². The smallest absolute Gasteiger partial charge is 0.275 e. The van der Waals surface area contributed by atoms with Crippen LogP contribution < -0.4 is 10.1 Å². The third kappa shape index (κ3) is 3.59. The predicted molar refractivity (Wildman–Crippen MR) is 69.0 cm³/mol. The van der Waals surface area contributed by atoms with Gasteiger partial charge in [0.2, 0.25) is 0 Å². The van der Waals surface area contributed by atoms with Crippen molar-refractivity contribution < 1.29 is 14.8 Å². The first-order chi connectivity index (χ1) is 8.47. The molecule has 0 aliphatic rings. The fourth-order valence-corrected chi connectivity index (χ4v) is 1.53. The molecule has 0 amide bonds. The number of methoxy groups -OCH3 is 1. The van der Waals surface area contributed by atoms with Gasteiger partial charge < -0.3 is 15.2 Å². The first kappa shape index (κ1) is 14.2. The predicted octanol–water partition coefficient (Wildman–Crippen LogP) is 2.03. The molecule has 1 rings (SSSR count). The van der Waals surface area contributed by atoms with Crippen LogP contribution in [0.2, 0.25) is 0 Å². The second-order valence-corrected chi connectivity index (χ2v) is 4.35. The van der Waals surface area contributed by atoms with E-state index in [-0.39, 0.29) is 24.3 Å². The maximum Gasteiger partial charge on any atom is 0.275 e. The maximum atomic E-state index is 10.8. The molecule has 0 heterocycles. The van der Waals surface area contributed by atoms with E-state index < -0.39 is 4.92 Å². The molecule has 1 atom stereocenters. The Hall–Kier alpha value is -1.82. The molecule has 0 aliphatic heterocycles. The number of nitro groups is 1. The second-order valence-electron chi connectivity index (χ2n) is 4.35. The fourth-order valence-electron chi connectivity index (χ4n) is 1.53. The molecule has 6 heteroatoms. The molecule has 1 unspecified atom stereocenters. The van der Waals surface area contributed by atoms with Crippen LogP contribution in [0.15, 0.2) is 18.2 Å². The molecular formula is C12H18N2O4. The summed E-state index contributed by atoms with van der Waals surface area (Å²) in [6.07, 6.45) is 0. The van der Waals surface area contributed by atoms with E-state index in [9.17, 15) is 15.2 Å². The summed E-state index contributed by atoms with van der Waals surface area (Å²) >= 11 is 0. The van der Waals surface area contributed by atoms with Crippen LogP contribution in [0.1, 0.15) is 13.8 Å². The van der Waals surface area contributed by atoms with Crippen LogP contribution in [0, 0.1) is 16.0 Å². The first-order valence-corrected chi connectivity index (χ1v) is 5.68. The molecule has 18 heavy (non-hydrogen) atoms. The van der Waals surface area contributed by atoms with E-state index in [1.165, 1.54) is 19.2 Å². The van der Waals surface area contributed by atoms with Gasteiger partial charge in [0.25, 0.3) is 5.69 Å². The summed E-state index contributed by atoms with van der Waals surface area (Å²) in [4.78, 5) is 10.3. The van der Waals surface area contributed by atoms with Crippen molar-refractivity contribution in [2.45, 2.75) is 19.9 Å². The van der Waals surface area contributed by atoms with Gasteiger partial charge in [-0.2, -0.15) is 0 Å². The summed E-state index contributed by atoms with van der Waals surface area (Å²) in [7, 11) is 1.45. The highest BCUT2D eigenvalue weighted by molar-refractivity contribution is 5.56. The third-order valence-corrected chi connectivity index (χ3v) is 2.69. The van der Waals surface area contributed by atoms with Crippen molar-refractivity contribution in [1.82, 2.24) is 0 Å². The summed E-state index contributed by atoms with van der Waals surface area (Å²) in [5.41, 5.74) is 0.520. The topological polar surface area (TPSA) is 84.6 Å². The monoisotopic (exact) mass is 254 g/mol. The largest absolute Gasteiger partial charge is 0.496 e. The number of aliphatic hydroxyl groups excluding tert-OH is 1. The summed E-state index contributed by atoms with van der Waals surface area (Å²) in [6, 6.07) is 4.29. The molecule has 100 valence electrons. The Balaban J connectivity index is 3.00. The summed E-state index contributed by atoms with van der Waals surface area (Å²) in [5, 5.41) is 23.1. The number of hydrogen-bond acceptors (Lipinski definition) is 5. The van der Waals surface area contributed by atoms with Gasteiger partial charge in [-0.25, -0.2) is 0 Å². The molecule has 2 N–H and O–H groups in total. The highest BCUT2D eigenvalue weighted by Gasteiger charge is 2.15. The molecule has 6 nitrogen and oxygen atoms in total. The number of non-ortho nitro benzene ring substituents is 1. The Morgan fingerprint density at radius 3 is 2.56 bits per heavy atom. The van der Waals surface area contributed by atoms with Gasteiger partial charge in [-0.3, -0.25) is 10.1 Å². The number of anilines is 1. The average Bonchev–Trinajstić information content (AvgIpc) is 2.34. The lowest BCUT2D eigenvalue weighted by Crippen LogP contribution is -2.29. The molecule has 1 aromatic rings. The van der Waals surface area contributed by atoms with Crippen molar-refractivity contribution in [3.63, 3.8) is 0 Å². The summed E-state index contributed by atoms with van der Waals surface area (Å²) in [5.74, 6) is 0.618. The summed E-state index contributed by atoms with van der Waals surface area (Å²) < 4.78 is 5.01. The molecule has 0 saturated heterocycles. The molecular weight excluding hydrogens is 236 g/mol. The van der Waals surface area contributed by atoms with E-state index in [1.807, 2.05) is 13.8 Å². The number of nitrogens with zero attached hydrogens (tertiary/aromatic N) is 1. The van der Waals surface area contributed by atoms with Crippen molar-refractivity contribution in [3.8, 4) is 5.75 Å². The second kappa shape index (κ2) is 6.20. The zero-order valence-electron chi connectivity index (χ0n) is 10.7. The molecule has 1 aromatic carbocycles. The Kier molecular flexibility index (Phi) is 4.91. The van der Waals surface area contributed by atoms with Crippen LogP contribution in [0.4, 0.5) is 11.4 Å². The Bertz CT molecular complexity index is 421. The number of benzene rings is 1. The van der Waals surface area contributed by atoms with E-state index in [0.29, 0.717) is 11.4 Å². The summed E-state index contributed by atoms with van der Waals surface area (Å²) in [6.45, 7) is 3.88. The molecule has 0 fully saturated rings. The van der Waals surface area contributed by atoms with Gasteiger partial charge in [0, 0.05) is 17.8 Å². The Labute approximate surface area is 106 Å². The molecule has 0 aromatic heterocycles. The number of aliphatic hydroxyl groups is 1. The van der Waals surface area contributed by atoms with Gasteiger partial charge in [0.1, 0.15) is 5.75 Å². The first-order valence-electron chi connectivity index (χ1n) is 5.68. The lowest BCUT2D eigenvalue weighted by atomic mass is 10.1. The Morgan fingerprint density at radius 2 is 2.11 bits per heavy atom. The minimum Gasteiger partial charge on any atom is -0.496 e. The zero-order valence-corrected chi connectivity index (χ0v) is 10.7. The van der Waals surface area contributed by atoms with Gasteiger partial charge in [-0.05, 0) is 5.92 Å². The Morgan fingerprint density at radius 1 is 1.44 bits per heavy atom. The highest BCUT2D eigenvalue weighted by atomic mass is 16.6. The number of nitrogens with one attached hydrogen (secondary N) is 1. The quantitative estimate of drug-likeness (QED) is 0.599. The molecule has 0 bridgehead atoms. The van der Waals surface area contributed by atoms with Gasteiger partial charge in [-0.1, -0.05) is 13.8 Å². The van der Waals surface area contributed by atoms with Gasteiger partial charge in [0.05, 0.1) is 30.7 Å². The number of hydrogen-bond donors (Lipinski definition) is 2. The van der Waals surface area contributed by atoms with E-state index in [0.717, 1.165) is 0 Å². The molecule has 0 aliphatic carbocycles. The van der Waals surface area contributed by atoms with Crippen LogP contribution in [0.25, 0.3) is 0 Å². The number of ether oxygens (including phenoxy) is 1. The van der Waals surface area contributed by atoms with Crippen molar-refractivity contribution in [1.29, 1.82) is 0 Å². The van der Waals surface area contributed by atoms with Gasteiger partial charge in [-0.15, -0.1) is 0 Å². The minimum absolute atomic E-state index is 0.0390. The van der Waals surface area contributed by atoms with Crippen LogP contribution in [0.3, 0.4) is 0 Å². The van der Waals surface area contributed by atoms with E-state index in [1.54, 1.807) is 6.07 Å². The van der Waals surface area contributed by atoms with Crippen molar-refractivity contribution in [2.24, 2.45) is 5.92 Å². The van der Waals surface area contributed by atoms with E-state index in [4.69, 9.17) is 4.74 Å². The normalized spacial score (nSPS) is 12.3. The van der Waals surface area contributed by atoms with Crippen LogP contribution in [-0.2, 0) is 0 Å². The van der Waals surface area contributed by atoms with Crippen LogP contribution >= 0.6 is 0 Å². The van der Waals surface area contributed by atoms with Crippen molar-refractivity contribution >= 4 is 11.4 Å². The zero-order chi connectivity index (χ0) is 13.7. The van der Waals surface area contributed by atoms with Crippen LogP contribution in [0.5, 0.6) is 5.75 Å². The van der Waals surface area contributed by atoms with E-state index in [2.05, 4.69) is 5.32 Å². The van der Waals surface area contributed by atoms with Crippen molar-refractivity contribution in [3.05, 3.63) is 28.3 Å². The average molecular weight is 254 g/mol. The molecule has 0 radical (unpaired) electrons. The lowest BCUT2D eigenvalue weighted by Gasteiger charge is -2.21. The number of rotatable bonds is 6. The van der Waals surface area contributed by atoms with Gasteiger partial charge in [0.15, 0.2) is 0 Å². The van der Waals surface area contributed by atoms with E-state index >= 15 is 0 Å². The number of nitro benzene ring substituents is 1. The van der Waals surface area contributed by atoms with Crippen molar-refractivity contribution in [2.75, 3.05) is 19.0 Å². The van der Waals surface area contributed by atoms with Crippen LogP contribution in [-0.4, -0.2) is 29.8 Å². The SMILES string of the molecule is COc1cc(NC(CO)C(C)C)cc([N+](=O)[O-])c1.